The van der Waals surface area contributed by atoms with Crippen LogP contribution in [0.3, 0.4) is 0 Å². The van der Waals surface area contributed by atoms with Gasteiger partial charge in [0.15, 0.2) is 0 Å². The molecule has 0 bridgehead atoms. The third-order valence-electron chi connectivity index (χ3n) is 5.49. The molecule has 1 fully saturated rings. The number of alkyl halides is 1. The number of methoxy groups -OCH3 is 1. The van der Waals surface area contributed by atoms with Gasteiger partial charge in [0.05, 0.1) is 31.5 Å². The lowest BCUT2D eigenvalue weighted by molar-refractivity contribution is -0.00121. The Morgan fingerprint density at radius 2 is 1.86 bits per heavy atom. The van der Waals surface area contributed by atoms with Gasteiger partial charge in [-0.1, -0.05) is 13.0 Å². The molecule has 1 aliphatic rings. The molecule has 6 heteroatoms. The van der Waals surface area contributed by atoms with Crippen LogP contribution in [0.5, 0.6) is 5.75 Å². The highest BCUT2D eigenvalue weighted by atomic mass is 19.1. The highest BCUT2D eigenvalue weighted by Gasteiger charge is 2.18. The summed E-state index contributed by atoms with van der Waals surface area (Å²) >= 11 is 0. The molecule has 3 aromatic rings. The summed E-state index contributed by atoms with van der Waals surface area (Å²) in [6, 6.07) is 14.3. The number of benzene rings is 2. The molecule has 2 heterocycles. The summed E-state index contributed by atoms with van der Waals surface area (Å²) in [4.78, 5) is 7.01. The van der Waals surface area contributed by atoms with Crippen molar-refractivity contribution < 1.29 is 13.9 Å². The van der Waals surface area contributed by atoms with Gasteiger partial charge in [-0.3, -0.25) is 9.47 Å². The number of aryl methyl sites for hydroxylation is 1. The predicted octanol–water partition coefficient (Wildman–Crippen LogP) is 4.50. The van der Waals surface area contributed by atoms with Crippen LogP contribution < -0.4 is 4.74 Å². The van der Waals surface area contributed by atoms with E-state index in [1.165, 1.54) is 0 Å². The molecule has 0 atom stereocenters. The first-order valence-corrected chi connectivity index (χ1v) is 10.3. The topological polar surface area (TPSA) is 39.5 Å². The van der Waals surface area contributed by atoms with Crippen LogP contribution >= 0.6 is 0 Å². The maximum Gasteiger partial charge on any atom is 0.119 e. The van der Waals surface area contributed by atoms with Gasteiger partial charge in [-0.2, -0.15) is 0 Å². The second-order valence-corrected chi connectivity index (χ2v) is 7.51. The van der Waals surface area contributed by atoms with Gasteiger partial charge in [0.1, 0.15) is 17.7 Å². The maximum absolute atomic E-state index is 13.2. The van der Waals surface area contributed by atoms with Gasteiger partial charge < -0.3 is 9.47 Å². The summed E-state index contributed by atoms with van der Waals surface area (Å²) in [6.45, 7) is 4.73. The molecule has 0 aliphatic carbocycles. The number of imidazole rings is 1. The van der Waals surface area contributed by atoms with E-state index in [1.54, 1.807) is 7.11 Å². The Bertz CT molecular complexity index is 947. The Morgan fingerprint density at radius 1 is 1.10 bits per heavy atom. The normalized spacial score (nSPS) is 15.8. The predicted molar refractivity (Wildman–Crippen MR) is 112 cm³/mol. The van der Waals surface area contributed by atoms with Crippen LogP contribution in [-0.4, -0.2) is 47.6 Å². The highest BCUT2D eigenvalue weighted by Crippen LogP contribution is 2.25. The van der Waals surface area contributed by atoms with Gasteiger partial charge in [0, 0.05) is 25.2 Å². The lowest BCUT2D eigenvalue weighted by Crippen LogP contribution is -2.35. The maximum atomic E-state index is 13.2. The van der Waals surface area contributed by atoms with E-state index in [-0.39, 0.29) is 0 Å². The number of ether oxygens (including phenoxy) is 2. The Balaban J connectivity index is 1.49. The Morgan fingerprint density at radius 3 is 2.55 bits per heavy atom. The lowest BCUT2D eigenvalue weighted by atomic mass is 10.1. The average Bonchev–Trinajstić information content (AvgIpc) is 3.13. The van der Waals surface area contributed by atoms with E-state index >= 15 is 0 Å². The number of likely N-dealkylation sites (tertiary alicyclic amines) is 1. The van der Waals surface area contributed by atoms with Crippen LogP contribution in [0.2, 0.25) is 0 Å². The quantitative estimate of drug-likeness (QED) is 0.588. The molecule has 0 spiro atoms. The second-order valence-electron chi connectivity index (χ2n) is 7.51. The summed E-state index contributed by atoms with van der Waals surface area (Å²) in [7, 11) is 1.67. The van der Waals surface area contributed by atoms with Gasteiger partial charge in [0.2, 0.25) is 0 Å². The van der Waals surface area contributed by atoms with Crippen LogP contribution in [0.25, 0.3) is 16.7 Å². The minimum absolute atomic E-state index is 0.530. The minimum Gasteiger partial charge on any atom is -0.497 e. The van der Waals surface area contributed by atoms with E-state index in [0.29, 0.717) is 26.2 Å². The number of nitrogens with zero attached hydrogens (tertiary/aromatic N) is 3. The first-order valence-electron chi connectivity index (χ1n) is 10.3. The molecular weight excluding hydrogens is 369 g/mol. The van der Waals surface area contributed by atoms with Crippen molar-refractivity contribution in [2.24, 2.45) is 0 Å². The van der Waals surface area contributed by atoms with Gasteiger partial charge in [-0.05, 0) is 54.8 Å². The van der Waals surface area contributed by atoms with Crippen molar-refractivity contribution in [3.63, 3.8) is 0 Å². The molecule has 1 aliphatic heterocycles. The van der Waals surface area contributed by atoms with E-state index < -0.39 is 6.17 Å². The van der Waals surface area contributed by atoms with Crippen molar-refractivity contribution >= 4 is 11.0 Å². The fourth-order valence-electron chi connectivity index (χ4n) is 3.85. The number of aromatic nitrogens is 2. The highest BCUT2D eigenvalue weighted by molar-refractivity contribution is 5.79. The Kier molecular flexibility index (Phi) is 6.11. The number of hydrogen-bond donors (Lipinski definition) is 0. The third-order valence-corrected chi connectivity index (χ3v) is 5.49. The fourth-order valence-corrected chi connectivity index (χ4v) is 3.85. The van der Waals surface area contributed by atoms with Crippen LogP contribution in [0.1, 0.15) is 31.2 Å². The number of fused-ring (bicyclic) bond motifs is 1. The lowest BCUT2D eigenvalue weighted by Gasteiger charge is -2.28. The van der Waals surface area contributed by atoms with Crippen molar-refractivity contribution in [2.45, 2.75) is 39.0 Å². The van der Waals surface area contributed by atoms with Gasteiger partial charge in [-0.15, -0.1) is 0 Å². The van der Waals surface area contributed by atoms with Crippen molar-refractivity contribution in [3.05, 3.63) is 53.9 Å². The van der Waals surface area contributed by atoms with E-state index in [2.05, 4.69) is 46.7 Å². The Labute approximate surface area is 171 Å². The smallest absolute Gasteiger partial charge is 0.119 e. The Hall–Kier alpha value is -2.44. The average molecular weight is 397 g/mol. The van der Waals surface area contributed by atoms with E-state index in [9.17, 15) is 4.39 Å². The molecule has 0 unspecified atom stereocenters. The van der Waals surface area contributed by atoms with Crippen molar-refractivity contribution in [2.75, 3.05) is 26.9 Å². The number of piperidine rings is 1. The minimum atomic E-state index is -0.651. The zero-order chi connectivity index (χ0) is 20.2. The second kappa shape index (κ2) is 8.93. The molecule has 1 aromatic heterocycles. The molecule has 4 rings (SSSR count). The molecule has 154 valence electrons. The third kappa shape index (κ3) is 4.43. The summed E-state index contributed by atoms with van der Waals surface area (Å²) < 4.78 is 26.6. The molecule has 0 radical (unpaired) electrons. The van der Waals surface area contributed by atoms with Crippen molar-refractivity contribution in [3.8, 4) is 11.4 Å². The molecule has 2 aromatic carbocycles. The molecule has 0 amide bonds. The molecular formula is C23H28FN3O2. The van der Waals surface area contributed by atoms with Crippen LogP contribution in [0.4, 0.5) is 4.39 Å². The van der Waals surface area contributed by atoms with Crippen molar-refractivity contribution in [1.82, 2.24) is 14.5 Å². The standard InChI is InChI=1S/C23H28FN3O2/c1-3-23-25-21-14-17(15-29-16-26-12-10-18(24)11-13-26)4-9-22(21)27(23)19-5-7-20(28-2)8-6-19/h4-9,14,18H,3,10-13,15-16H2,1-2H3. The first kappa shape index (κ1) is 19.9. The number of rotatable bonds is 7. The van der Waals surface area contributed by atoms with Crippen LogP contribution in [0.15, 0.2) is 42.5 Å². The molecule has 0 N–H and O–H groups in total. The fraction of sp³-hybridized carbons (Fsp3) is 0.435. The molecule has 5 nitrogen and oxygen atoms in total. The van der Waals surface area contributed by atoms with E-state index in [4.69, 9.17) is 14.5 Å². The first-order chi connectivity index (χ1) is 14.2. The molecule has 1 saturated heterocycles. The van der Waals surface area contributed by atoms with E-state index in [1.807, 2.05) is 12.1 Å². The number of hydrogen-bond acceptors (Lipinski definition) is 4. The van der Waals surface area contributed by atoms with Crippen molar-refractivity contribution in [1.29, 1.82) is 0 Å². The molecule has 0 saturated carbocycles. The van der Waals surface area contributed by atoms with Gasteiger partial charge in [-0.25, -0.2) is 9.37 Å². The molecule has 29 heavy (non-hydrogen) atoms. The summed E-state index contributed by atoms with van der Waals surface area (Å²) in [5.74, 6) is 1.86. The summed E-state index contributed by atoms with van der Waals surface area (Å²) in [6.07, 6.45) is 1.41. The van der Waals surface area contributed by atoms with E-state index in [0.717, 1.165) is 53.4 Å². The zero-order valence-corrected chi connectivity index (χ0v) is 17.1. The number of halogens is 1. The van der Waals surface area contributed by atoms with Gasteiger partial charge in [0.25, 0.3) is 0 Å². The van der Waals surface area contributed by atoms with Crippen LogP contribution in [-0.2, 0) is 17.8 Å². The monoisotopic (exact) mass is 397 g/mol. The van der Waals surface area contributed by atoms with Crippen LogP contribution in [0, 0.1) is 0 Å². The SMILES string of the molecule is CCc1nc2cc(COCN3CCC(F)CC3)ccc2n1-c1ccc(OC)cc1. The zero-order valence-electron chi connectivity index (χ0n) is 17.1. The van der Waals surface area contributed by atoms with Gasteiger partial charge >= 0.3 is 0 Å². The summed E-state index contributed by atoms with van der Waals surface area (Å²) in [5, 5.41) is 0. The summed E-state index contributed by atoms with van der Waals surface area (Å²) in [5.41, 5.74) is 4.23. The largest absolute Gasteiger partial charge is 0.497 e.